The van der Waals surface area contributed by atoms with Gasteiger partial charge in [0.15, 0.2) is 17.3 Å². The number of hydrogen-bond donors (Lipinski definition) is 0. The molecule has 0 spiro atoms. The van der Waals surface area contributed by atoms with Crippen LogP contribution in [0, 0.1) is 5.82 Å². The Bertz CT molecular complexity index is 681. The number of ketones is 1. The Balaban J connectivity index is 1.95. The summed E-state index contributed by atoms with van der Waals surface area (Å²) >= 11 is 0. The molecule has 108 valence electrons. The maximum Gasteiger partial charge on any atom is 0.170 e. The van der Waals surface area contributed by atoms with Crippen LogP contribution >= 0.6 is 0 Å². The highest BCUT2D eigenvalue weighted by molar-refractivity contribution is 6.01. The van der Waals surface area contributed by atoms with Gasteiger partial charge in [0.2, 0.25) is 0 Å². The van der Waals surface area contributed by atoms with Gasteiger partial charge in [-0.25, -0.2) is 4.39 Å². The van der Waals surface area contributed by atoms with Crippen LogP contribution in [0.5, 0.6) is 11.5 Å². The Morgan fingerprint density at radius 3 is 2.86 bits per heavy atom. The topological polar surface area (TPSA) is 35.5 Å². The first-order valence-corrected chi connectivity index (χ1v) is 6.80. The van der Waals surface area contributed by atoms with Gasteiger partial charge < -0.3 is 9.47 Å². The monoisotopic (exact) mass is 286 g/mol. The summed E-state index contributed by atoms with van der Waals surface area (Å²) < 4.78 is 24.2. The molecule has 2 aromatic rings. The fraction of sp³-hybridized carbons (Fsp3) is 0.235. The molecule has 3 nitrogen and oxygen atoms in total. The van der Waals surface area contributed by atoms with Crippen LogP contribution in [-0.2, 0) is 0 Å². The van der Waals surface area contributed by atoms with Gasteiger partial charge in [0.1, 0.15) is 5.75 Å². The molecule has 2 aromatic carbocycles. The van der Waals surface area contributed by atoms with Crippen molar-refractivity contribution >= 4 is 5.78 Å². The van der Waals surface area contributed by atoms with Crippen LogP contribution in [0.2, 0.25) is 0 Å². The zero-order valence-corrected chi connectivity index (χ0v) is 11.6. The smallest absolute Gasteiger partial charge is 0.170 e. The van der Waals surface area contributed by atoms with Gasteiger partial charge in [-0.3, -0.25) is 4.79 Å². The zero-order valence-electron chi connectivity index (χ0n) is 11.6. The van der Waals surface area contributed by atoms with Gasteiger partial charge in [-0.05, 0) is 30.7 Å². The minimum atomic E-state index is -0.524. The van der Waals surface area contributed by atoms with E-state index in [1.807, 2.05) is 24.3 Å². The van der Waals surface area contributed by atoms with Crippen molar-refractivity contribution in [3.63, 3.8) is 0 Å². The van der Waals surface area contributed by atoms with Crippen molar-refractivity contribution in [2.45, 2.75) is 12.3 Å². The van der Waals surface area contributed by atoms with Crippen LogP contribution in [-0.4, -0.2) is 19.5 Å². The predicted octanol–water partition coefficient (Wildman–Crippen LogP) is 3.58. The lowest BCUT2D eigenvalue weighted by Crippen LogP contribution is -2.21. The summed E-state index contributed by atoms with van der Waals surface area (Å²) in [4.78, 5) is 12.7. The second-order valence-corrected chi connectivity index (χ2v) is 4.94. The maximum absolute atomic E-state index is 13.8. The Morgan fingerprint density at radius 2 is 2.10 bits per heavy atom. The van der Waals surface area contributed by atoms with Crippen LogP contribution in [0.3, 0.4) is 0 Å². The van der Waals surface area contributed by atoms with Crippen molar-refractivity contribution < 1.29 is 18.7 Å². The molecule has 3 rings (SSSR count). The summed E-state index contributed by atoms with van der Waals surface area (Å²) in [6.45, 7) is 0.492. The van der Waals surface area contributed by atoms with Crippen molar-refractivity contribution in [1.82, 2.24) is 0 Å². The number of carbonyl (C=O) groups is 1. The van der Waals surface area contributed by atoms with Gasteiger partial charge in [0.25, 0.3) is 0 Å². The third-order valence-corrected chi connectivity index (χ3v) is 3.71. The summed E-state index contributed by atoms with van der Waals surface area (Å²) in [7, 11) is 1.40. The van der Waals surface area contributed by atoms with Gasteiger partial charge >= 0.3 is 0 Å². The first-order valence-electron chi connectivity index (χ1n) is 6.80. The fourth-order valence-corrected chi connectivity index (χ4v) is 2.64. The van der Waals surface area contributed by atoms with E-state index in [2.05, 4.69) is 0 Å². The van der Waals surface area contributed by atoms with Gasteiger partial charge in [-0.1, -0.05) is 18.2 Å². The van der Waals surface area contributed by atoms with Crippen LogP contribution in [0.4, 0.5) is 4.39 Å². The van der Waals surface area contributed by atoms with Crippen molar-refractivity contribution in [2.24, 2.45) is 0 Å². The molecule has 0 saturated carbocycles. The van der Waals surface area contributed by atoms with E-state index < -0.39 is 5.82 Å². The number of rotatable bonds is 3. The second kappa shape index (κ2) is 5.56. The number of fused-ring (bicyclic) bond motifs is 1. The Hall–Kier alpha value is -2.36. The molecule has 0 aromatic heterocycles. The molecule has 1 aliphatic rings. The van der Waals surface area contributed by atoms with Crippen LogP contribution in [0.1, 0.15) is 28.3 Å². The molecule has 0 amide bonds. The number of halogens is 1. The number of ether oxygens (including phenoxy) is 2. The van der Waals surface area contributed by atoms with E-state index in [1.165, 1.54) is 19.2 Å². The van der Waals surface area contributed by atoms with E-state index in [0.29, 0.717) is 18.6 Å². The number of methoxy groups -OCH3 is 1. The maximum atomic E-state index is 13.8. The molecular weight excluding hydrogens is 271 g/mol. The highest BCUT2D eigenvalue weighted by atomic mass is 19.1. The molecular formula is C17H15FO3. The summed E-state index contributed by atoms with van der Waals surface area (Å²) in [6, 6.07) is 11.8. The molecule has 0 saturated heterocycles. The highest BCUT2D eigenvalue weighted by Crippen LogP contribution is 2.35. The normalized spacial score (nSPS) is 16.8. The fourth-order valence-electron chi connectivity index (χ4n) is 2.64. The van der Waals surface area contributed by atoms with Crippen LogP contribution in [0.25, 0.3) is 0 Å². The van der Waals surface area contributed by atoms with Gasteiger partial charge in [-0.15, -0.1) is 0 Å². The molecule has 1 unspecified atom stereocenters. The summed E-state index contributed by atoms with van der Waals surface area (Å²) in [6.07, 6.45) is 0.601. The molecule has 21 heavy (non-hydrogen) atoms. The standard InChI is InChI=1S/C17H15FO3/c1-20-16-7-6-11(10-14(16)18)17(19)13-8-9-21-15-5-3-2-4-12(13)15/h2-7,10,13H,8-9H2,1H3. The zero-order chi connectivity index (χ0) is 14.8. The SMILES string of the molecule is COc1ccc(C(=O)C2CCOc3ccccc32)cc1F. The number of para-hydroxylation sites is 1. The van der Waals surface area contributed by atoms with Crippen LogP contribution in [0.15, 0.2) is 42.5 Å². The number of carbonyl (C=O) groups excluding carboxylic acids is 1. The summed E-state index contributed by atoms with van der Waals surface area (Å²) in [5.74, 6) is -0.0336. The molecule has 1 atom stereocenters. The van der Waals surface area contributed by atoms with E-state index in [4.69, 9.17) is 9.47 Å². The average Bonchev–Trinajstić information content (AvgIpc) is 2.53. The van der Waals surface area contributed by atoms with E-state index in [9.17, 15) is 9.18 Å². The average molecular weight is 286 g/mol. The van der Waals surface area contributed by atoms with Crippen LogP contribution < -0.4 is 9.47 Å². The van der Waals surface area contributed by atoms with E-state index >= 15 is 0 Å². The molecule has 0 fully saturated rings. The Morgan fingerprint density at radius 1 is 1.29 bits per heavy atom. The predicted molar refractivity (Wildman–Crippen MR) is 76.6 cm³/mol. The molecule has 1 aliphatic heterocycles. The number of hydrogen-bond acceptors (Lipinski definition) is 3. The molecule has 4 heteroatoms. The van der Waals surface area contributed by atoms with E-state index in [1.54, 1.807) is 6.07 Å². The first kappa shape index (κ1) is 13.6. The van der Waals surface area contributed by atoms with E-state index in [0.717, 1.165) is 11.3 Å². The van der Waals surface area contributed by atoms with Crippen molar-refractivity contribution in [1.29, 1.82) is 0 Å². The van der Waals surface area contributed by atoms with E-state index in [-0.39, 0.29) is 17.5 Å². The molecule has 0 N–H and O–H groups in total. The van der Waals surface area contributed by atoms with Crippen molar-refractivity contribution in [2.75, 3.05) is 13.7 Å². The largest absolute Gasteiger partial charge is 0.494 e. The lowest BCUT2D eigenvalue weighted by atomic mass is 9.86. The van der Waals surface area contributed by atoms with Gasteiger partial charge in [-0.2, -0.15) is 0 Å². The number of benzene rings is 2. The van der Waals surface area contributed by atoms with Gasteiger partial charge in [0.05, 0.1) is 19.6 Å². The summed E-state index contributed by atoms with van der Waals surface area (Å²) in [5.41, 5.74) is 1.22. The summed E-state index contributed by atoms with van der Waals surface area (Å²) in [5, 5.41) is 0. The second-order valence-electron chi connectivity index (χ2n) is 4.94. The minimum Gasteiger partial charge on any atom is -0.494 e. The van der Waals surface area contributed by atoms with Crippen molar-refractivity contribution in [3.8, 4) is 11.5 Å². The number of Topliss-reactive ketones (excluding diaryl/α,β-unsaturated/α-hetero) is 1. The molecule has 1 heterocycles. The lowest BCUT2D eigenvalue weighted by molar-refractivity contribution is 0.0932. The molecule has 0 aliphatic carbocycles. The molecule has 0 bridgehead atoms. The van der Waals surface area contributed by atoms with Crippen molar-refractivity contribution in [3.05, 3.63) is 59.4 Å². The molecule has 0 radical (unpaired) electrons. The third kappa shape index (κ3) is 2.49. The highest BCUT2D eigenvalue weighted by Gasteiger charge is 2.28. The lowest BCUT2D eigenvalue weighted by Gasteiger charge is -2.24. The quantitative estimate of drug-likeness (QED) is 0.809. The Labute approximate surface area is 122 Å². The minimum absolute atomic E-state index is 0.0905. The first-order chi connectivity index (χ1) is 10.2. The third-order valence-electron chi connectivity index (χ3n) is 3.71. The Kier molecular flexibility index (Phi) is 3.60. The van der Waals surface area contributed by atoms with Gasteiger partial charge in [0, 0.05) is 11.1 Å².